The van der Waals surface area contributed by atoms with Crippen molar-refractivity contribution in [3.8, 4) is 0 Å². The molecule has 0 aliphatic carbocycles. The van der Waals surface area contributed by atoms with Crippen LogP contribution in [0.4, 0.5) is 0 Å². The van der Waals surface area contributed by atoms with E-state index in [0.29, 0.717) is 31.5 Å². The fourth-order valence-corrected chi connectivity index (χ4v) is 4.19. The summed E-state index contributed by atoms with van der Waals surface area (Å²) in [6.45, 7) is 3.31. The molecule has 0 N–H and O–H groups in total. The lowest BCUT2D eigenvalue weighted by Gasteiger charge is -2.27. The maximum Gasteiger partial charge on any atom is 0.235 e. The SMILES string of the molecule is COCCN1C[C@]23C=C[C@H](O2)C(C(=O)N(C)Cc2nnc(C)o2)C3C1=O. The first-order valence-corrected chi connectivity index (χ1v) is 8.64. The second-order valence-electron chi connectivity index (χ2n) is 7.06. The number of likely N-dealkylation sites (tertiary alicyclic amines) is 1. The number of amides is 2. The molecule has 9 nitrogen and oxygen atoms in total. The summed E-state index contributed by atoms with van der Waals surface area (Å²) in [7, 11) is 3.27. The fraction of sp³-hybridized carbons (Fsp3) is 0.647. The molecule has 2 unspecified atom stereocenters. The van der Waals surface area contributed by atoms with Gasteiger partial charge in [0.15, 0.2) is 0 Å². The number of ether oxygens (including phenoxy) is 2. The third-order valence-electron chi connectivity index (χ3n) is 5.35. The van der Waals surface area contributed by atoms with E-state index in [-0.39, 0.29) is 24.5 Å². The Morgan fingerprint density at radius 3 is 3.00 bits per heavy atom. The van der Waals surface area contributed by atoms with Gasteiger partial charge in [-0.1, -0.05) is 12.2 Å². The molecule has 1 spiro atoms. The van der Waals surface area contributed by atoms with Crippen LogP contribution in [0.3, 0.4) is 0 Å². The highest BCUT2D eigenvalue weighted by Crippen LogP contribution is 2.52. The molecule has 2 bridgehead atoms. The van der Waals surface area contributed by atoms with Crippen molar-refractivity contribution in [3.05, 3.63) is 23.9 Å². The molecule has 0 saturated carbocycles. The van der Waals surface area contributed by atoms with Crippen molar-refractivity contribution in [2.45, 2.75) is 25.2 Å². The number of carbonyl (C=O) groups is 2. The van der Waals surface area contributed by atoms with Gasteiger partial charge < -0.3 is 23.7 Å². The van der Waals surface area contributed by atoms with E-state index in [4.69, 9.17) is 13.9 Å². The van der Waals surface area contributed by atoms with E-state index in [9.17, 15) is 9.59 Å². The van der Waals surface area contributed by atoms with E-state index < -0.39 is 17.4 Å². The second-order valence-corrected chi connectivity index (χ2v) is 7.06. The monoisotopic (exact) mass is 362 g/mol. The Hall–Kier alpha value is -2.26. The van der Waals surface area contributed by atoms with Gasteiger partial charge in [-0.25, -0.2) is 0 Å². The Balaban J connectivity index is 1.52. The quantitative estimate of drug-likeness (QED) is 0.645. The Morgan fingerprint density at radius 1 is 1.50 bits per heavy atom. The van der Waals surface area contributed by atoms with Gasteiger partial charge in [-0.3, -0.25) is 9.59 Å². The molecule has 2 saturated heterocycles. The summed E-state index contributed by atoms with van der Waals surface area (Å²) in [4.78, 5) is 29.2. The molecule has 1 aromatic rings. The first-order valence-electron chi connectivity index (χ1n) is 8.64. The van der Waals surface area contributed by atoms with Crippen LogP contribution in [0.25, 0.3) is 0 Å². The lowest BCUT2D eigenvalue weighted by atomic mass is 9.76. The lowest BCUT2D eigenvalue weighted by Crippen LogP contribution is -2.44. The van der Waals surface area contributed by atoms with Crippen molar-refractivity contribution in [2.24, 2.45) is 11.8 Å². The number of carbonyl (C=O) groups excluding carboxylic acids is 2. The Kier molecular flexibility index (Phi) is 4.07. The summed E-state index contributed by atoms with van der Waals surface area (Å²) in [6.07, 6.45) is 3.47. The minimum atomic E-state index is -0.697. The summed E-state index contributed by atoms with van der Waals surface area (Å²) < 4.78 is 16.5. The van der Waals surface area contributed by atoms with Crippen LogP contribution < -0.4 is 0 Å². The van der Waals surface area contributed by atoms with Gasteiger partial charge in [0.25, 0.3) is 0 Å². The predicted molar refractivity (Wildman–Crippen MR) is 87.7 cm³/mol. The van der Waals surface area contributed by atoms with Crippen LogP contribution in [0.15, 0.2) is 16.6 Å². The lowest BCUT2D eigenvalue weighted by molar-refractivity contribution is -0.143. The minimum Gasteiger partial charge on any atom is -0.424 e. The number of nitrogens with zero attached hydrogens (tertiary/aromatic N) is 4. The molecule has 3 aliphatic heterocycles. The van der Waals surface area contributed by atoms with Gasteiger partial charge in [0.2, 0.25) is 23.6 Å². The highest BCUT2D eigenvalue weighted by molar-refractivity contribution is 5.92. The molecule has 4 rings (SSSR count). The van der Waals surface area contributed by atoms with Gasteiger partial charge in [-0.2, -0.15) is 0 Å². The summed E-state index contributed by atoms with van der Waals surface area (Å²) in [5.41, 5.74) is -0.697. The van der Waals surface area contributed by atoms with Crippen LogP contribution >= 0.6 is 0 Å². The average Bonchev–Trinajstić information content (AvgIpc) is 3.34. The van der Waals surface area contributed by atoms with Gasteiger partial charge in [-0.05, 0) is 0 Å². The number of rotatable bonds is 6. The largest absolute Gasteiger partial charge is 0.424 e. The number of aryl methyl sites for hydroxylation is 1. The zero-order valence-electron chi connectivity index (χ0n) is 15.0. The van der Waals surface area contributed by atoms with Gasteiger partial charge in [0.05, 0.1) is 37.6 Å². The molecule has 4 heterocycles. The minimum absolute atomic E-state index is 0.0470. The van der Waals surface area contributed by atoms with Crippen LogP contribution in [0.5, 0.6) is 0 Å². The summed E-state index contributed by atoms with van der Waals surface area (Å²) in [5.74, 6) is -0.404. The highest BCUT2D eigenvalue weighted by Gasteiger charge is 2.67. The van der Waals surface area contributed by atoms with Crippen molar-refractivity contribution in [2.75, 3.05) is 33.9 Å². The topological polar surface area (TPSA) is 98.0 Å². The molecular formula is C17H22N4O5. The van der Waals surface area contributed by atoms with E-state index in [1.165, 1.54) is 4.90 Å². The van der Waals surface area contributed by atoms with Crippen LogP contribution in [0, 0.1) is 18.8 Å². The van der Waals surface area contributed by atoms with E-state index >= 15 is 0 Å². The van der Waals surface area contributed by atoms with Crippen LogP contribution in [-0.2, 0) is 25.6 Å². The van der Waals surface area contributed by atoms with Crippen LogP contribution in [0.1, 0.15) is 11.8 Å². The zero-order chi connectivity index (χ0) is 18.5. The van der Waals surface area contributed by atoms with E-state index in [0.717, 1.165) is 0 Å². The molecule has 9 heteroatoms. The van der Waals surface area contributed by atoms with Crippen molar-refractivity contribution >= 4 is 11.8 Å². The van der Waals surface area contributed by atoms with Crippen molar-refractivity contribution < 1.29 is 23.5 Å². The number of fused-ring (bicyclic) bond motifs is 1. The van der Waals surface area contributed by atoms with E-state index in [1.807, 2.05) is 12.2 Å². The fourth-order valence-electron chi connectivity index (χ4n) is 4.19. The first-order chi connectivity index (χ1) is 12.4. The molecule has 0 radical (unpaired) electrons. The van der Waals surface area contributed by atoms with E-state index in [2.05, 4.69) is 10.2 Å². The maximum absolute atomic E-state index is 13.1. The third-order valence-corrected chi connectivity index (χ3v) is 5.35. The van der Waals surface area contributed by atoms with Gasteiger partial charge in [0.1, 0.15) is 5.60 Å². The third kappa shape index (κ3) is 2.53. The summed E-state index contributed by atoms with van der Waals surface area (Å²) in [6, 6.07) is 0. The number of aromatic nitrogens is 2. The molecule has 140 valence electrons. The summed E-state index contributed by atoms with van der Waals surface area (Å²) >= 11 is 0. The number of methoxy groups -OCH3 is 1. The number of hydrogen-bond acceptors (Lipinski definition) is 7. The standard InChI is InChI=1S/C17H22N4O5/c1-10-18-19-12(25-10)8-20(2)15(22)13-11-4-5-17(26-11)9-21(6-7-24-3)16(23)14(13)17/h4-5,11,13-14H,6-9H2,1-3H3/t11-,13?,14?,17-/m0/s1. The molecule has 3 aliphatic rings. The number of hydrogen-bond donors (Lipinski definition) is 0. The Labute approximate surface area is 150 Å². The molecule has 0 aromatic carbocycles. The normalized spacial score (nSPS) is 31.7. The van der Waals surface area contributed by atoms with Crippen LogP contribution in [-0.4, -0.2) is 77.4 Å². The van der Waals surface area contributed by atoms with Crippen molar-refractivity contribution in [1.82, 2.24) is 20.0 Å². The molecule has 26 heavy (non-hydrogen) atoms. The summed E-state index contributed by atoms with van der Waals surface area (Å²) in [5, 5.41) is 7.70. The molecular weight excluding hydrogens is 340 g/mol. The van der Waals surface area contributed by atoms with E-state index in [1.54, 1.807) is 26.0 Å². The average molecular weight is 362 g/mol. The molecule has 2 amide bonds. The van der Waals surface area contributed by atoms with Crippen molar-refractivity contribution in [1.29, 1.82) is 0 Å². The first kappa shape index (κ1) is 17.2. The van der Waals surface area contributed by atoms with Gasteiger partial charge >= 0.3 is 0 Å². The molecule has 2 fully saturated rings. The highest BCUT2D eigenvalue weighted by atomic mass is 16.5. The predicted octanol–water partition coefficient (Wildman–Crippen LogP) is -0.235. The Morgan fingerprint density at radius 2 is 2.31 bits per heavy atom. The maximum atomic E-state index is 13.1. The van der Waals surface area contributed by atoms with Gasteiger partial charge in [0, 0.05) is 27.6 Å². The van der Waals surface area contributed by atoms with Gasteiger partial charge in [-0.15, -0.1) is 10.2 Å². The molecule has 1 aromatic heterocycles. The zero-order valence-corrected chi connectivity index (χ0v) is 15.0. The van der Waals surface area contributed by atoms with Crippen molar-refractivity contribution in [3.63, 3.8) is 0 Å². The van der Waals surface area contributed by atoms with Crippen LogP contribution in [0.2, 0.25) is 0 Å². The smallest absolute Gasteiger partial charge is 0.235 e. The Bertz CT molecular complexity index is 762. The second kappa shape index (κ2) is 6.17. The molecule has 4 atom stereocenters.